The van der Waals surface area contributed by atoms with Crippen LogP contribution in [0.4, 0.5) is 0 Å². The Kier molecular flexibility index (Phi) is 7.08. The van der Waals surface area contributed by atoms with Crippen molar-refractivity contribution in [3.05, 3.63) is 22.7 Å². The molecule has 0 atom stereocenters. The van der Waals surface area contributed by atoms with Crippen molar-refractivity contribution in [2.45, 2.75) is 0 Å². The maximum Gasteiger partial charge on any atom is 0.175 e. The molecule has 0 aromatic heterocycles. The summed E-state index contributed by atoms with van der Waals surface area (Å²) in [6, 6.07) is 5.75. The van der Waals surface area contributed by atoms with Crippen LogP contribution < -0.4 is 14.8 Å². The van der Waals surface area contributed by atoms with Gasteiger partial charge in [-0.1, -0.05) is 6.07 Å². The van der Waals surface area contributed by atoms with E-state index in [1.54, 1.807) is 7.11 Å². The first-order chi connectivity index (χ1) is 8.65. The number of rotatable bonds is 8. The van der Waals surface area contributed by atoms with Crippen molar-refractivity contribution < 1.29 is 9.47 Å². The summed E-state index contributed by atoms with van der Waals surface area (Å²) in [5.41, 5.74) is 0. The highest BCUT2D eigenvalue weighted by atomic mass is 79.9. The van der Waals surface area contributed by atoms with E-state index in [1.165, 1.54) is 0 Å². The van der Waals surface area contributed by atoms with Gasteiger partial charge in [-0.05, 0) is 42.2 Å². The minimum absolute atomic E-state index is 0.617. The number of hydrogen-bond acceptors (Lipinski definition) is 4. The molecule has 0 aliphatic carbocycles. The number of para-hydroxylation sites is 1. The van der Waals surface area contributed by atoms with E-state index < -0.39 is 0 Å². The summed E-state index contributed by atoms with van der Waals surface area (Å²) in [7, 11) is 5.76. The van der Waals surface area contributed by atoms with Gasteiger partial charge in [0.1, 0.15) is 6.61 Å². The molecule has 1 aromatic carbocycles. The van der Waals surface area contributed by atoms with Crippen molar-refractivity contribution in [1.29, 1.82) is 0 Å². The molecule has 0 aliphatic rings. The van der Waals surface area contributed by atoms with E-state index in [2.05, 4.69) is 40.2 Å². The van der Waals surface area contributed by atoms with Crippen LogP contribution in [0.25, 0.3) is 0 Å². The van der Waals surface area contributed by atoms with E-state index in [1.807, 2.05) is 18.2 Å². The summed E-state index contributed by atoms with van der Waals surface area (Å²) in [6.07, 6.45) is 0. The molecular weight excluding hydrogens is 296 g/mol. The van der Waals surface area contributed by atoms with Crippen molar-refractivity contribution in [1.82, 2.24) is 10.2 Å². The van der Waals surface area contributed by atoms with Crippen molar-refractivity contribution in [2.24, 2.45) is 0 Å². The first-order valence-electron chi connectivity index (χ1n) is 5.96. The monoisotopic (exact) mass is 316 g/mol. The Balaban J connectivity index is 2.31. The SMILES string of the molecule is COc1cccc(Br)c1OCCNCCN(C)C. The quantitative estimate of drug-likeness (QED) is 0.744. The lowest BCUT2D eigenvalue weighted by atomic mass is 10.3. The Bertz CT molecular complexity index is 359. The molecule has 102 valence electrons. The van der Waals surface area contributed by atoms with Crippen molar-refractivity contribution in [3.63, 3.8) is 0 Å². The number of methoxy groups -OCH3 is 1. The minimum Gasteiger partial charge on any atom is -0.493 e. The molecule has 0 bridgehead atoms. The maximum atomic E-state index is 5.72. The largest absolute Gasteiger partial charge is 0.493 e. The molecule has 5 heteroatoms. The van der Waals surface area contributed by atoms with E-state index in [0.29, 0.717) is 6.61 Å². The van der Waals surface area contributed by atoms with Crippen LogP contribution >= 0.6 is 15.9 Å². The molecule has 0 fully saturated rings. The van der Waals surface area contributed by atoms with Gasteiger partial charge in [0.2, 0.25) is 0 Å². The molecule has 0 radical (unpaired) electrons. The number of nitrogens with zero attached hydrogens (tertiary/aromatic N) is 1. The Morgan fingerprint density at radius 3 is 2.72 bits per heavy atom. The second kappa shape index (κ2) is 8.34. The van der Waals surface area contributed by atoms with Gasteiger partial charge >= 0.3 is 0 Å². The van der Waals surface area contributed by atoms with Crippen molar-refractivity contribution in [3.8, 4) is 11.5 Å². The topological polar surface area (TPSA) is 33.7 Å². The summed E-state index contributed by atoms with van der Waals surface area (Å²) in [5.74, 6) is 1.51. The first-order valence-corrected chi connectivity index (χ1v) is 6.75. The fourth-order valence-electron chi connectivity index (χ4n) is 1.44. The zero-order valence-electron chi connectivity index (χ0n) is 11.2. The van der Waals surface area contributed by atoms with Crippen LogP contribution in [0.15, 0.2) is 22.7 Å². The third-order valence-corrected chi connectivity index (χ3v) is 3.04. The highest BCUT2D eigenvalue weighted by molar-refractivity contribution is 9.10. The van der Waals surface area contributed by atoms with Crippen LogP contribution in [0.2, 0.25) is 0 Å². The number of nitrogens with one attached hydrogen (secondary N) is 1. The maximum absolute atomic E-state index is 5.72. The molecule has 0 saturated carbocycles. The minimum atomic E-state index is 0.617. The molecule has 1 rings (SSSR count). The van der Waals surface area contributed by atoms with Crippen LogP contribution in [0.3, 0.4) is 0 Å². The Morgan fingerprint density at radius 2 is 2.06 bits per heavy atom. The van der Waals surface area contributed by atoms with E-state index in [9.17, 15) is 0 Å². The average Bonchev–Trinajstić information content (AvgIpc) is 2.34. The van der Waals surface area contributed by atoms with Gasteiger partial charge in [-0.3, -0.25) is 0 Å². The molecule has 0 aliphatic heterocycles. The predicted octanol–water partition coefficient (Wildman–Crippen LogP) is 1.99. The molecular formula is C13H21BrN2O2. The van der Waals surface area contributed by atoms with Crippen molar-refractivity contribution >= 4 is 15.9 Å². The molecule has 18 heavy (non-hydrogen) atoms. The second-order valence-electron chi connectivity index (χ2n) is 4.17. The van der Waals surface area contributed by atoms with E-state index >= 15 is 0 Å². The molecule has 1 N–H and O–H groups in total. The number of halogens is 1. The lowest BCUT2D eigenvalue weighted by molar-refractivity contribution is 0.287. The third kappa shape index (κ3) is 5.25. The van der Waals surface area contributed by atoms with Gasteiger partial charge in [-0.25, -0.2) is 0 Å². The van der Waals surface area contributed by atoms with E-state index in [4.69, 9.17) is 9.47 Å². The molecule has 4 nitrogen and oxygen atoms in total. The Morgan fingerprint density at radius 1 is 1.28 bits per heavy atom. The lowest BCUT2D eigenvalue weighted by Crippen LogP contribution is -2.29. The standard InChI is InChI=1S/C13H21BrN2O2/c1-16(2)9-7-15-8-10-18-13-11(14)5-4-6-12(13)17-3/h4-6,15H,7-10H2,1-3H3. The summed E-state index contributed by atoms with van der Waals surface area (Å²) >= 11 is 3.46. The molecule has 0 heterocycles. The molecule has 0 saturated heterocycles. The normalized spacial score (nSPS) is 10.7. The van der Waals surface area contributed by atoms with Crippen LogP contribution in [-0.2, 0) is 0 Å². The highest BCUT2D eigenvalue weighted by Gasteiger charge is 2.07. The van der Waals surface area contributed by atoms with Gasteiger partial charge in [-0.15, -0.1) is 0 Å². The van der Waals surface area contributed by atoms with Gasteiger partial charge in [-0.2, -0.15) is 0 Å². The van der Waals surface area contributed by atoms with Crippen LogP contribution in [0, 0.1) is 0 Å². The molecule has 1 aromatic rings. The summed E-state index contributed by atoms with van der Waals surface area (Å²) in [6.45, 7) is 3.42. The molecule has 0 unspecified atom stereocenters. The third-order valence-electron chi connectivity index (χ3n) is 2.41. The fourth-order valence-corrected chi connectivity index (χ4v) is 1.91. The molecule has 0 amide bonds. The summed E-state index contributed by atoms with van der Waals surface area (Å²) < 4.78 is 11.9. The number of hydrogen-bond donors (Lipinski definition) is 1. The number of ether oxygens (including phenoxy) is 2. The summed E-state index contributed by atoms with van der Waals surface area (Å²) in [4.78, 5) is 2.14. The predicted molar refractivity (Wildman–Crippen MR) is 77.6 cm³/mol. The van der Waals surface area contributed by atoms with Crippen molar-refractivity contribution in [2.75, 3.05) is 47.4 Å². The smallest absolute Gasteiger partial charge is 0.175 e. The average molecular weight is 317 g/mol. The first kappa shape index (κ1) is 15.3. The van der Waals surface area contributed by atoms with Crippen LogP contribution in [0.1, 0.15) is 0 Å². The Hall–Kier alpha value is -0.780. The lowest BCUT2D eigenvalue weighted by Gasteiger charge is -2.13. The van der Waals surface area contributed by atoms with Crippen LogP contribution in [0.5, 0.6) is 11.5 Å². The zero-order chi connectivity index (χ0) is 13.4. The zero-order valence-corrected chi connectivity index (χ0v) is 12.8. The molecule has 0 spiro atoms. The van der Waals surface area contributed by atoms with Gasteiger partial charge in [0.25, 0.3) is 0 Å². The van der Waals surface area contributed by atoms with Gasteiger partial charge < -0.3 is 19.7 Å². The van der Waals surface area contributed by atoms with Gasteiger partial charge in [0.05, 0.1) is 11.6 Å². The van der Waals surface area contributed by atoms with Gasteiger partial charge in [0.15, 0.2) is 11.5 Å². The second-order valence-corrected chi connectivity index (χ2v) is 5.03. The fraction of sp³-hybridized carbons (Fsp3) is 0.538. The Labute approximate surface area is 117 Å². The van der Waals surface area contributed by atoms with E-state index in [-0.39, 0.29) is 0 Å². The van der Waals surface area contributed by atoms with E-state index in [0.717, 1.165) is 35.6 Å². The number of benzene rings is 1. The summed E-state index contributed by atoms with van der Waals surface area (Å²) in [5, 5.41) is 3.32. The van der Waals surface area contributed by atoms with Crippen LogP contribution in [-0.4, -0.2) is 52.3 Å². The number of likely N-dealkylation sites (N-methyl/N-ethyl adjacent to an activating group) is 1. The van der Waals surface area contributed by atoms with Gasteiger partial charge in [0, 0.05) is 19.6 Å². The highest BCUT2D eigenvalue weighted by Crippen LogP contribution is 2.34.